The van der Waals surface area contributed by atoms with Crippen molar-refractivity contribution in [2.45, 2.75) is 39.2 Å². The lowest BCUT2D eigenvalue weighted by Gasteiger charge is -2.46. The molecule has 1 aliphatic rings. The summed E-state index contributed by atoms with van der Waals surface area (Å²) < 4.78 is 20.1. The average Bonchev–Trinajstić information content (AvgIpc) is 2.35. The molecule has 0 saturated heterocycles. The van der Waals surface area contributed by atoms with Gasteiger partial charge in [-0.1, -0.05) is 29.8 Å². The predicted octanol–water partition coefficient (Wildman–Crippen LogP) is 4.11. The van der Waals surface area contributed by atoms with Crippen LogP contribution in [0, 0.1) is 11.2 Å². The first kappa shape index (κ1) is 13.5. The van der Waals surface area contributed by atoms with Crippen LogP contribution in [0.2, 0.25) is 0 Å². The highest BCUT2D eigenvalue weighted by molar-refractivity contribution is 9.10. The lowest BCUT2D eigenvalue weighted by atomic mass is 9.61. The molecule has 0 heterocycles. The van der Waals surface area contributed by atoms with E-state index in [-0.39, 0.29) is 17.6 Å². The lowest BCUT2D eigenvalue weighted by Crippen LogP contribution is -2.56. The summed E-state index contributed by atoms with van der Waals surface area (Å²) >= 11 is 3.29. The molecule has 1 fully saturated rings. The van der Waals surface area contributed by atoms with E-state index in [2.05, 4.69) is 15.9 Å². The summed E-state index contributed by atoms with van der Waals surface area (Å²) in [5, 5.41) is 0. The molecule has 0 aromatic heterocycles. The van der Waals surface area contributed by atoms with Crippen molar-refractivity contribution in [1.29, 1.82) is 0 Å². The van der Waals surface area contributed by atoms with Gasteiger partial charge in [0.05, 0.1) is 5.41 Å². The van der Waals surface area contributed by atoms with Crippen molar-refractivity contribution >= 4 is 21.7 Å². The molecule has 1 aliphatic carbocycles. The minimum Gasteiger partial charge on any atom is -0.486 e. The molecule has 0 aliphatic heterocycles. The minimum atomic E-state index is -0.422. The molecule has 2 rings (SSSR count). The third-order valence-corrected chi connectivity index (χ3v) is 4.46. The monoisotopic (exact) mass is 314 g/mol. The van der Waals surface area contributed by atoms with E-state index in [0.717, 1.165) is 17.3 Å². The van der Waals surface area contributed by atoms with Crippen LogP contribution in [0.15, 0.2) is 22.7 Å². The summed E-state index contributed by atoms with van der Waals surface area (Å²) in [5.74, 6) is 0.0553. The summed E-state index contributed by atoms with van der Waals surface area (Å²) in [6.45, 7) is 3.96. The van der Waals surface area contributed by atoms with E-state index >= 15 is 0 Å². The number of ether oxygens (including phenoxy) is 1. The first-order chi connectivity index (χ1) is 8.53. The van der Waals surface area contributed by atoms with Crippen molar-refractivity contribution in [2.24, 2.45) is 5.41 Å². The van der Waals surface area contributed by atoms with Crippen molar-refractivity contribution < 1.29 is 13.9 Å². The van der Waals surface area contributed by atoms with Crippen molar-refractivity contribution in [1.82, 2.24) is 0 Å². The number of Topliss-reactive ketones (excluding diaryl/α,β-unsaturated/α-hetero) is 1. The zero-order valence-corrected chi connectivity index (χ0v) is 12.1. The van der Waals surface area contributed by atoms with Crippen LogP contribution in [0.4, 0.5) is 4.39 Å². The van der Waals surface area contributed by atoms with E-state index in [9.17, 15) is 9.18 Å². The first-order valence-electron chi connectivity index (χ1n) is 6.18. The number of hydrogen-bond donors (Lipinski definition) is 0. The zero-order valence-electron chi connectivity index (χ0n) is 10.5. The molecular weight excluding hydrogens is 299 g/mol. The van der Waals surface area contributed by atoms with Crippen LogP contribution in [-0.2, 0) is 4.79 Å². The summed E-state index contributed by atoms with van der Waals surface area (Å²) in [6.07, 6.45) is 1.66. The molecule has 18 heavy (non-hydrogen) atoms. The molecular formula is C14H16BrFO2. The Hall–Kier alpha value is -0.900. The Morgan fingerprint density at radius 1 is 1.44 bits per heavy atom. The fourth-order valence-corrected chi connectivity index (χ4v) is 2.93. The quantitative estimate of drug-likeness (QED) is 0.835. The van der Waals surface area contributed by atoms with Gasteiger partial charge in [0, 0.05) is 10.9 Å². The third kappa shape index (κ3) is 2.07. The third-order valence-electron chi connectivity index (χ3n) is 3.97. The highest BCUT2D eigenvalue weighted by atomic mass is 79.9. The molecule has 0 N–H and O–H groups in total. The van der Waals surface area contributed by atoms with Gasteiger partial charge in [-0.25, -0.2) is 4.39 Å². The second kappa shape index (κ2) is 5.00. The Morgan fingerprint density at radius 2 is 2.11 bits per heavy atom. The maximum atomic E-state index is 13.6. The Bertz CT molecular complexity index is 469. The number of carbonyl (C=O) groups is 1. The summed E-state index contributed by atoms with van der Waals surface area (Å²) in [5.41, 5.74) is -0.422. The molecule has 0 spiro atoms. The molecule has 4 heteroatoms. The van der Waals surface area contributed by atoms with Gasteiger partial charge in [-0.2, -0.15) is 0 Å². The van der Waals surface area contributed by atoms with Crippen LogP contribution in [-0.4, -0.2) is 11.9 Å². The first-order valence-corrected chi connectivity index (χ1v) is 6.97. The Morgan fingerprint density at radius 3 is 2.67 bits per heavy atom. The summed E-state index contributed by atoms with van der Waals surface area (Å²) in [6, 6.07) is 4.59. The van der Waals surface area contributed by atoms with E-state index < -0.39 is 11.2 Å². The summed E-state index contributed by atoms with van der Waals surface area (Å²) in [4.78, 5) is 11.8. The van der Waals surface area contributed by atoms with Crippen LogP contribution in [0.3, 0.4) is 0 Å². The maximum Gasteiger partial charge on any atom is 0.165 e. The number of rotatable bonds is 4. The van der Waals surface area contributed by atoms with Crippen LogP contribution in [0.1, 0.15) is 33.1 Å². The largest absolute Gasteiger partial charge is 0.486 e. The molecule has 0 radical (unpaired) electrons. The molecule has 0 bridgehead atoms. The zero-order chi connectivity index (χ0) is 13.3. The second-order valence-corrected chi connectivity index (χ2v) is 5.59. The SMILES string of the molecule is CCC1(CC)C(=O)CC1Oc1cc(Br)ccc1F. The van der Waals surface area contributed by atoms with Crippen molar-refractivity contribution in [2.75, 3.05) is 0 Å². The highest BCUT2D eigenvalue weighted by Crippen LogP contribution is 2.46. The van der Waals surface area contributed by atoms with Gasteiger partial charge < -0.3 is 4.74 Å². The van der Waals surface area contributed by atoms with Gasteiger partial charge in [-0.05, 0) is 31.0 Å². The molecule has 1 aromatic rings. The van der Waals surface area contributed by atoms with Crippen LogP contribution >= 0.6 is 15.9 Å². The minimum absolute atomic E-state index is 0.205. The molecule has 1 atom stereocenters. The van der Waals surface area contributed by atoms with Gasteiger partial charge in [0.15, 0.2) is 11.6 Å². The number of carbonyl (C=O) groups excluding carboxylic acids is 1. The molecule has 98 valence electrons. The van der Waals surface area contributed by atoms with Gasteiger partial charge >= 0.3 is 0 Å². The molecule has 0 amide bonds. The van der Waals surface area contributed by atoms with Gasteiger partial charge in [-0.3, -0.25) is 4.79 Å². The van der Waals surface area contributed by atoms with Crippen molar-refractivity contribution in [3.05, 3.63) is 28.5 Å². The van der Waals surface area contributed by atoms with Gasteiger partial charge in [-0.15, -0.1) is 0 Å². The van der Waals surface area contributed by atoms with E-state index in [4.69, 9.17) is 4.74 Å². The Labute approximate surface area is 115 Å². The fourth-order valence-electron chi connectivity index (χ4n) is 2.59. The van der Waals surface area contributed by atoms with Crippen LogP contribution in [0.5, 0.6) is 5.75 Å². The van der Waals surface area contributed by atoms with Crippen molar-refractivity contribution in [3.63, 3.8) is 0 Å². The van der Waals surface area contributed by atoms with Crippen LogP contribution < -0.4 is 4.74 Å². The Balaban J connectivity index is 2.20. The van der Waals surface area contributed by atoms with Gasteiger partial charge in [0.2, 0.25) is 0 Å². The van der Waals surface area contributed by atoms with E-state index in [1.165, 1.54) is 6.07 Å². The molecule has 1 aromatic carbocycles. The standard InChI is InChI=1S/C14H16BrFO2/c1-3-14(4-2)12(17)8-13(14)18-11-7-9(15)5-6-10(11)16/h5-7,13H,3-4,8H2,1-2H3. The molecule has 1 saturated carbocycles. The van der Waals surface area contributed by atoms with Crippen LogP contribution in [0.25, 0.3) is 0 Å². The topological polar surface area (TPSA) is 26.3 Å². The van der Waals surface area contributed by atoms with E-state index in [1.54, 1.807) is 12.1 Å². The Kier molecular flexibility index (Phi) is 3.76. The van der Waals surface area contributed by atoms with E-state index in [0.29, 0.717) is 6.42 Å². The van der Waals surface area contributed by atoms with Gasteiger partial charge in [0.25, 0.3) is 0 Å². The second-order valence-electron chi connectivity index (χ2n) is 4.67. The number of halogens is 2. The fraction of sp³-hybridized carbons (Fsp3) is 0.500. The molecule has 1 unspecified atom stereocenters. The normalized spacial score (nSPS) is 21.6. The lowest BCUT2D eigenvalue weighted by molar-refractivity contribution is -0.153. The van der Waals surface area contributed by atoms with Crippen molar-refractivity contribution in [3.8, 4) is 5.75 Å². The summed E-state index contributed by atoms with van der Waals surface area (Å²) in [7, 11) is 0. The highest BCUT2D eigenvalue weighted by Gasteiger charge is 2.54. The predicted molar refractivity (Wildman–Crippen MR) is 71.2 cm³/mol. The smallest absolute Gasteiger partial charge is 0.165 e. The average molecular weight is 315 g/mol. The maximum absolute atomic E-state index is 13.6. The number of ketones is 1. The van der Waals surface area contributed by atoms with E-state index in [1.807, 2.05) is 13.8 Å². The molecule has 2 nitrogen and oxygen atoms in total. The number of benzene rings is 1. The number of hydrogen-bond acceptors (Lipinski definition) is 2. The van der Waals surface area contributed by atoms with Gasteiger partial charge in [0.1, 0.15) is 11.9 Å².